The van der Waals surface area contributed by atoms with Crippen LogP contribution in [0.15, 0.2) is 48.6 Å². The van der Waals surface area contributed by atoms with E-state index in [4.69, 9.17) is 0 Å². The zero-order valence-corrected chi connectivity index (χ0v) is 7.60. The van der Waals surface area contributed by atoms with Gasteiger partial charge in [0.05, 0.1) is 0 Å². The highest BCUT2D eigenvalue weighted by Gasteiger charge is 1.95. The Kier molecular flexibility index (Phi) is 3.71. The number of allylic oxidation sites excluding steroid dienone is 4. The quantitative estimate of drug-likeness (QED) is 0.389. The van der Waals surface area contributed by atoms with Crippen LogP contribution in [0.25, 0.3) is 5.57 Å². The molecule has 0 atom stereocenters. The molecule has 1 aromatic carbocycles. The summed E-state index contributed by atoms with van der Waals surface area (Å²) >= 11 is 0. The molecule has 0 N–H and O–H groups in total. The zero-order valence-electron chi connectivity index (χ0n) is 7.60. The average molecular weight is 172 g/mol. The molecular formula is C12H12O. The Hall–Kier alpha value is -1.63. The van der Waals surface area contributed by atoms with Crippen LogP contribution in [-0.2, 0) is 4.79 Å². The van der Waals surface area contributed by atoms with Crippen LogP contribution < -0.4 is 0 Å². The summed E-state index contributed by atoms with van der Waals surface area (Å²) in [7, 11) is 0. The first-order valence-electron chi connectivity index (χ1n) is 4.22. The van der Waals surface area contributed by atoms with Gasteiger partial charge in [0, 0.05) is 5.57 Å². The van der Waals surface area contributed by atoms with Crippen LogP contribution >= 0.6 is 0 Å². The molecule has 1 rings (SSSR count). The molecule has 1 aromatic rings. The number of rotatable bonds is 3. The van der Waals surface area contributed by atoms with E-state index in [0.717, 1.165) is 11.8 Å². The number of carbonyl (C=O) groups is 1. The Morgan fingerprint density at radius 3 is 2.46 bits per heavy atom. The van der Waals surface area contributed by atoms with Crippen molar-refractivity contribution in [3.05, 3.63) is 54.1 Å². The summed E-state index contributed by atoms with van der Waals surface area (Å²) in [6.45, 7) is 1.92. The van der Waals surface area contributed by atoms with Gasteiger partial charge in [0.15, 0.2) is 6.29 Å². The lowest BCUT2D eigenvalue weighted by molar-refractivity contribution is -0.103. The zero-order chi connectivity index (χ0) is 9.52. The van der Waals surface area contributed by atoms with Gasteiger partial charge in [0.25, 0.3) is 0 Å². The van der Waals surface area contributed by atoms with Crippen molar-refractivity contribution in [3.63, 3.8) is 0 Å². The van der Waals surface area contributed by atoms with Gasteiger partial charge < -0.3 is 0 Å². The third-order valence-electron chi connectivity index (χ3n) is 1.70. The van der Waals surface area contributed by atoms with Crippen LogP contribution in [0.2, 0.25) is 0 Å². The Morgan fingerprint density at radius 1 is 1.23 bits per heavy atom. The Morgan fingerprint density at radius 2 is 1.92 bits per heavy atom. The lowest BCUT2D eigenvalue weighted by atomic mass is 10.1. The van der Waals surface area contributed by atoms with E-state index < -0.39 is 0 Å². The van der Waals surface area contributed by atoms with Gasteiger partial charge in [-0.3, -0.25) is 4.79 Å². The van der Waals surface area contributed by atoms with Gasteiger partial charge in [-0.15, -0.1) is 0 Å². The van der Waals surface area contributed by atoms with Crippen LogP contribution in [0.5, 0.6) is 0 Å². The molecule has 0 radical (unpaired) electrons. The molecule has 1 heteroatoms. The molecule has 0 amide bonds. The number of hydrogen-bond donors (Lipinski definition) is 0. The van der Waals surface area contributed by atoms with E-state index in [1.807, 2.05) is 55.5 Å². The summed E-state index contributed by atoms with van der Waals surface area (Å²) in [5.74, 6) is 0. The Balaban J connectivity index is 2.98. The van der Waals surface area contributed by atoms with Crippen molar-refractivity contribution in [1.82, 2.24) is 0 Å². The highest BCUT2D eigenvalue weighted by Crippen LogP contribution is 2.10. The van der Waals surface area contributed by atoms with Crippen molar-refractivity contribution in [2.24, 2.45) is 0 Å². The summed E-state index contributed by atoms with van der Waals surface area (Å²) < 4.78 is 0. The van der Waals surface area contributed by atoms with E-state index in [0.29, 0.717) is 5.57 Å². The van der Waals surface area contributed by atoms with Gasteiger partial charge in [-0.2, -0.15) is 0 Å². The third kappa shape index (κ3) is 2.71. The molecule has 0 spiro atoms. The molecule has 0 unspecified atom stereocenters. The first-order valence-corrected chi connectivity index (χ1v) is 4.22. The van der Waals surface area contributed by atoms with Crippen molar-refractivity contribution >= 4 is 11.9 Å². The molecule has 0 saturated heterocycles. The Labute approximate surface area is 78.4 Å². The summed E-state index contributed by atoms with van der Waals surface area (Å²) in [6.07, 6.45) is 6.43. The molecule has 1 nitrogen and oxygen atoms in total. The highest BCUT2D eigenvalue weighted by atomic mass is 16.1. The number of aldehydes is 1. The molecule has 0 fully saturated rings. The number of carbonyl (C=O) groups excluding carboxylic acids is 1. The van der Waals surface area contributed by atoms with Gasteiger partial charge in [-0.1, -0.05) is 48.6 Å². The van der Waals surface area contributed by atoms with E-state index in [1.54, 1.807) is 0 Å². The molecule has 0 aliphatic rings. The van der Waals surface area contributed by atoms with E-state index in [1.165, 1.54) is 0 Å². The average Bonchev–Trinajstić information content (AvgIpc) is 2.21. The van der Waals surface area contributed by atoms with Crippen LogP contribution in [0.4, 0.5) is 0 Å². The molecule has 0 aromatic heterocycles. The lowest BCUT2D eigenvalue weighted by Crippen LogP contribution is -1.83. The van der Waals surface area contributed by atoms with Crippen molar-refractivity contribution in [2.45, 2.75) is 6.92 Å². The molecule has 0 saturated carbocycles. The van der Waals surface area contributed by atoms with Crippen LogP contribution in [0.1, 0.15) is 12.5 Å². The fourth-order valence-corrected chi connectivity index (χ4v) is 1.03. The fraction of sp³-hybridized carbons (Fsp3) is 0.0833. The standard InChI is InChI=1S/C12H12O/c1-2-3-7-12(10-13)11-8-5-4-6-9-11/h2-10H,1H3/b3-2-,12-7-. The van der Waals surface area contributed by atoms with Crippen LogP contribution in [-0.4, -0.2) is 6.29 Å². The largest absolute Gasteiger partial charge is 0.298 e. The molecule has 0 aliphatic carbocycles. The van der Waals surface area contributed by atoms with Crippen LogP contribution in [0, 0.1) is 0 Å². The second-order valence-corrected chi connectivity index (χ2v) is 2.63. The highest BCUT2D eigenvalue weighted by molar-refractivity contribution is 6.07. The van der Waals surface area contributed by atoms with E-state index in [9.17, 15) is 4.79 Å². The minimum atomic E-state index is 0.707. The van der Waals surface area contributed by atoms with E-state index in [-0.39, 0.29) is 0 Å². The summed E-state index contributed by atoms with van der Waals surface area (Å²) in [4.78, 5) is 10.7. The predicted octanol–water partition coefficient (Wildman–Crippen LogP) is 2.85. The smallest absolute Gasteiger partial charge is 0.150 e. The monoisotopic (exact) mass is 172 g/mol. The van der Waals surface area contributed by atoms with E-state index >= 15 is 0 Å². The second-order valence-electron chi connectivity index (χ2n) is 2.63. The maximum absolute atomic E-state index is 10.7. The third-order valence-corrected chi connectivity index (χ3v) is 1.70. The maximum atomic E-state index is 10.7. The molecule has 13 heavy (non-hydrogen) atoms. The molecule has 66 valence electrons. The molecule has 0 heterocycles. The van der Waals surface area contributed by atoms with E-state index in [2.05, 4.69) is 0 Å². The molecule has 0 bridgehead atoms. The van der Waals surface area contributed by atoms with Gasteiger partial charge >= 0.3 is 0 Å². The lowest BCUT2D eigenvalue weighted by Gasteiger charge is -1.96. The van der Waals surface area contributed by atoms with Gasteiger partial charge in [0.1, 0.15) is 0 Å². The van der Waals surface area contributed by atoms with Crippen LogP contribution in [0.3, 0.4) is 0 Å². The van der Waals surface area contributed by atoms with Crippen molar-refractivity contribution < 1.29 is 4.79 Å². The van der Waals surface area contributed by atoms with Gasteiger partial charge in [0.2, 0.25) is 0 Å². The predicted molar refractivity (Wildman–Crippen MR) is 55.3 cm³/mol. The first-order chi connectivity index (χ1) is 6.38. The SMILES string of the molecule is C/C=C\C=C(\C=O)c1ccccc1. The normalized spacial score (nSPS) is 11.9. The van der Waals surface area contributed by atoms with Crippen molar-refractivity contribution in [1.29, 1.82) is 0 Å². The number of hydrogen-bond acceptors (Lipinski definition) is 1. The minimum absolute atomic E-state index is 0.707. The number of benzene rings is 1. The van der Waals surface area contributed by atoms with Gasteiger partial charge in [-0.05, 0) is 12.5 Å². The summed E-state index contributed by atoms with van der Waals surface area (Å²) in [6, 6.07) is 9.61. The van der Waals surface area contributed by atoms with Crippen molar-refractivity contribution in [2.75, 3.05) is 0 Å². The van der Waals surface area contributed by atoms with Gasteiger partial charge in [-0.25, -0.2) is 0 Å². The second kappa shape index (κ2) is 5.09. The summed E-state index contributed by atoms with van der Waals surface area (Å²) in [5.41, 5.74) is 1.66. The Bertz CT molecular complexity index is 320. The molecule has 0 aliphatic heterocycles. The van der Waals surface area contributed by atoms with Crippen molar-refractivity contribution in [3.8, 4) is 0 Å². The fourth-order valence-electron chi connectivity index (χ4n) is 1.03. The summed E-state index contributed by atoms with van der Waals surface area (Å²) in [5, 5.41) is 0. The minimum Gasteiger partial charge on any atom is -0.298 e. The maximum Gasteiger partial charge on any atom is 0.150 e. The topological polar surface area (TPSA) is 17.1 Å². The molecular weight excluding hydrogens is 160 g/mol. The first kappa shape index (κ1) is 9.46.